The van der Waals surface area contributed by atoms with Crippen molar-refractivity contribution in [1.29, 1.82) is 0 Å². The Hall–Kier alpha value is -3.13. The topological polar surface area (TPSA) is 21.6 Å². The number of aliphatic imine (C=N–C) groups is 1. The number of unbranched alkanes of at least 4 members (excludes halogenated alkanes) is 1. The maximum Gasteiger partial charge on any atom is 0.222 e. The van der Waals surface area contributed by atoms with Crippen molar-refractivity contribution in [3.05, 3.63) is 107 Å². The quantitative estimate of drug-likeness (QED) is 0.502. The second kappa shape index (κ2) is 8.05. The molecule has 3 aromatic carbocycles. The van der Waals surface area contributed by atoms with Crippen LogP contribution in [0.3, 0.4) is 0 Å². The lowest BCUT2D eigenvalue weighted by Gasteiger charge is -2.12. The van der Waals surface area contributed by atoms with Crippen LogP contribution in [0.1, 0.15) is 42.0 Å². The Morgan fingerprint density at radius 2 is 1.30 bits per heavy atom. The van der Waals surface area contributed by atoms with Gasteiger partial charge in [-0.25, -0.2) is 0 Å². The molecule has 0 aliphatic carbocycles. The molecule has 0 radical (unpaired) electrons. The van der Waals surface area contributed by atoms with E-state index in [1.54, 1.807) is 0 Å². The van der Waals surface area contributed by atoms with Crippen molar-refractivity contribution in [2.75, 3.05) is 6.54 Å². The lowest BCUT2D eigenvalue weighted by Crippen LogP contribution is -1.99. The predicted molar refractivity (Wildman–Crippen MR) is 113 cm³/mol. The Kier molecular flexibility index (Phi) is 5.15. The van der Waals surface area contributed by atoms with E-state index in [9.17, 15) is 0 Å². The smallest absolute Gasteiger partial charge is 0.222 e. The van der Waals surface area contributed by atoms with Crippen LogP contribution in [0.15, 0.2) is 89.9 Å². The van der Waals surface area contributed by atoms with E-state index in [1.165, 1.54) is 0 Å². The zero-order valence-corrected chi connectivity index (χ0v) is 15.6. The molecule has 0 spiro atoms. The third-order valence-electron chi connectivity index (χ3n) is 4.72. The Balaban J connectivity index is 1.91. The molecule has 0 unspecified atom stereocenters. The zero-order chi connectivity index (χ0) is 18.5. The highest BCUT2D eigenvalue weighted by molar-refractivity contribution is 6.12. The number of hydrogen-bond acceptors (Lipinski definition) is 2. The minimum absolute atomic E-state index is 0.735. The number of nitrogens with zero attached hydrogens (tertiary/aromatic N) is 1. The van der Waals surface area contributed by atoms with Crippen LogP contribution < -0.4 is 0 Å². The van der Waals surface area contributed by atoms with Gasteiger partial charge in [0.25, 0.3) is 0 Å². The summed E-state index contributed by atoms with van der Waals surface area (Å²) in [4.78, 5) is 4.73. The van der Waals surface area contributed by atoms with Crippen molar-refractivity contribution in [2.45, 2.75) is 19.8 Å². The summed E-state index contributed by atoms with van der Waals surface area (Å²) < 4.78 is 6.38. The number of benzene rings is 3. The van der Waals surface area contributed by atoms with Gasteiger partial charge in [-0.05, 0) is 23.6 Å². The number of rotatable bonds is 5. The Morgan fingerprint density at radius 1 is 0.741 bits per heavy atom. The van der Waals surface area contributed by atoms with Crippen molar-refractivity contribution in [2.24, 2.45) is 4.99 Å². The first kappa shape index (κ1) is 17.3. The zero-order valence-electron chi connectivity index (χ0n) is 15.6. The Bertz CT molecular complexity index is 930. The first-order valence-corrected chi connectivity index (χ1v) is 9.55. The number of fused-ring (bicyclic) bond motifs is 1. The van der Waals surface area contributed by atoms with E-state index in [4.69, 9.17) is 9.73 Å². The van der Waals surface area contributed by atoms with Gasteiger partial charge < -0.3 is 4.74 Å². The molecule has 134 valence electrons. The summed E-state index contributed by atoms with van der Waals surface area (Å²) in [5.41, 5.74) is 5.57. The van der Waals surface area contributed by atoms with Crippen LogP contribution in [-0.4, -0.2) is 12.4 Å². The third-order valence-corrected chi connectivity index (χ3v) is 4.72. The molecular formula is C25H23NO. The second-order valence-corrected chi connectivity index (χ2v) is 6.62. The monoisotopic (exact) mass is 353 g/mol. The van der Waals surface area contributed by atoms with Gasteiger partial charge in [-0.15, -0.1) is 0 Å². The maximum atomic E-state index is 6.38. The van der Waals surface area contributed by atoms with Crippen LogP contribution in [0.2, 0.25) is 0 Å². The normalized spacial score (nSPS) is 14.1. The molecule has 0 saturated carbocycles. The van der Waals surface area contributed by atoms with E-state index in [0.717, 1.165) is 58.9 Å². The fourth-order valence-electron chi connectivity index (χ4n) is 3.35. The number of ether oxygens (including phenoxy) is 1. The summed E-state index contributed by atoms with van der Waals surface area (Å²) in [5, 5.41) is 0. The van der Waals surface area contributed by atoms with Crippen LogP contribution in [0.5, 0.6) is 0 Å². The van der Waals surface area contributed by atoms with E-state index in [1.807, 2.05) is 18.2 Å². The van der Waals surface area contributed by atoms with E-state index in [2.05, 4.69) is 73.7 Å². The van der Waals surface area contributed by atoms with Crippen LogP contribution in [0, 0.1) is 0 Å². The minimum Gasteiger partial charge on any atom is -0.437 e. The molecule has 0 amide bonds. The Morgan fingerprint density at radius 3 is 1.89 bits per heavy atom. The molecule has 0 N–H and O–H groups in total. The molecule has 1 aliphatic rings. The van der Waals surface area contributed by atoms with E-state index in [0.29, 0.717) is 0 Å². The van der Waals surface area contributed by atoms with Crippen molar-refractivity contribution in [1.82, 2.24) is 0 Å². The van der Waals surface area contributed by atoms with Gasteiger partial charge in [-0.1, -0.05) is 92.2 Å². The average molecular weight is 353 g/mol. The minimum atomic E-state index is 0.735. The van der Waals surface area contributed by atoms with Gasteiger partial charge in [-0.2, -0.15) is 0 Å². The van der Waals surface area contributed by atoms with E-state index < -0.39 is 0 Å². The second-order valence-electron chi connectivity index (χ2n) is 6.62. The molecule has 2 nitrogen and oxygen atoms in total. The van der Waals surface area contributed by atoms with Crippen molar-refractivity contribution < 1.29 is 4.74 Å². The van der Waals surface area contributed by atoms with Crippen LogP contribution in [0.4, 0.5) is 0 Å². The lowest BCUT2D eigenvalue weighted by atomic mass is 9.94. The predicted octanol–water partition coefficient (Wildman–Crippen LogP) is 6.18. The average Bonchev–Trinajstić information content (AvgIpc) is 3.09. The summed E-state index contributed by atoms with van der Waals surface area (Å²) >= 11 is 0. The number of hydrogen-bond donors (Lipinski definition) is 0. The summed E-state index contributed by atoms with van der Waals surface area (Å²) in [6.45, 7) is 2.97. The molecule has 1 heterocycles. The highest BCUT2D eigenvalue weighted by Gasteiger charge is 2.28. The highest BCUT2D eigenvalue weighted by atomic mass is 16.5. The first-order chi connectivity index (χ1) is 13.4. The fourth-order valence-corrected chi connectivity index (χ4v) is 3.35. The van der Waals surface area contributed by atoms with E-state index >= 15 is 0 Å². The van der Waals surface area contributed by atoms with Crippen LogP contribution in [0.25, 0.3) is 11.3 Å². The van der Waals surface area contributed by atoms with Gasteiger partial charge in [0.15, 0.2) is 0 Å². The molecule has 4 rings (SSSR count). The molecule has 27 heavy (non-hydrogen) atoms. The molecule has 0 fully saturated rings. The summed E-state index contributed by atoms with van der Waals surface area (Å²) in [6.07, 6.45) is 2.19. The van der Waals surface area contributed by atoms with Gasteiger partial charge in [0.05, 0.1) is 0 Å². The molecule has 2 heteroatoms. The summed E-state index contributed by atoms with van der Waals surface area (Å²) in [7, 11) is 0. The van der Waals surface area contributed by atoms with E-state index in [-0.39, 0.29) is 0 Å². The van der Waals surface area contributed by atoms with Crippen molar-refractivity contribution in [3.63, 3.8) is 0 Å². The maximum absolute atomic E-state index is 6.38. The van der Waals surface area contributed by atoms with Crippen LogP contribution >= 0.6 is 0 Å². The molecule has 3 aromatic rings. The van der Waals surface area contributed by atoms with Crippen molar-refractivity contribution in [3.8, 4) is 0 Å². The summed E-state index contributed by atoms with van der Waals surface area (Å²) in [6, 6.07) is 29.2. The highest BCUT2D eigenvalue weighted by Crippen LogP contribution is 2.39. The van der Waals surface area contributed by atoms with Gasteiger partial charge in [0.2, 0.25) is 5.90 Å². The first-order valence-electron chi connectivity index (χ1n) is 9.55. The van der Waals surface area contributed by atoms with Crippen molar-refractivity contribution >= 4 is 17.2 Å². The lowest BCUT2D eigenvalue weighted by molar-refractivity contribution is 0.522. The van der Waals surface area contributed by atoms with Crippen LogP contribution in [-0.2, 0) is 4.74 Å². The molecule has 0 saturated heterocycles. The van der Waals surface area contributed by atoms with Gasteiger partial charge in [0, 0.05) is 23.2 Å². The third kappa shape index (κ3) is 3.56. The SMILES string of the molecule is CCCCN=C1OC(=C(c2ccccc2)c2ccccc2)c2ccccc21. The Labute approximate surface area is 160 Å². The molecule has 0 bridgehead atoms. The molecule has 0 aromatic heterocycles. The molecule has 0 atom stereocenters. The summed E-state index contributed by atoms with van der Waals surface area (Å²) in [5.74, 6) is 1.62. The van der Waals surface area contributed by atoms with Gasteiger partial charge >= 0.3 is 0 Å². The van der Waals surface area contributed by atoms with Gasteiger partial charge in [-0.3, -0.25) is 4.99 Å². The van der Waals surface area contributed by atoms with Gasteiger partial charge in [0.1, 0.15) is 5.76 Å². The molecular weight excluding hydrogens is 330 g/mol. The molecule has 1 aliphatic heterocycles. The fraction of sp³-hybridized carbons (Fsp3) is 0.160. The standard InChI is InChI=1S/C25H23NO/c1-2-3-18-26-25-22-17-11-10-16-21(22)24(27-25)23(19-12-6-4-7-13-19)20-14-8-5-9-15-20/h4-17H,2-3,18H2,1H3. The largest absolute Gasteiger partial charge is 0.437 e.